The summed E-state index contributed by atoms with van der Waals surface area (Å²) in [6, 6.07) is 20.4. The molecule has 3 aromatic rings. The molecule has 3 rings (SSSR count). The molecule has 0 saturated carbocycles. The van der Waals surface area contributed by atoms with Gasteiger partial charge in [0, 0.05) is 17.3 Å². The van der Waals surface area contributed by atoms with E-state index in [1.165, 1.54) is 0 Å². The maximum Gasteiger partial charge on any atom is 0.116 e. The maximum absolute atomic E-state index is 4.41. The highest BCUT2D eigenvalue weighted by Crippen LogP contribution is 2.28. The molecule has 86 valence electrons. The quantitative estimate of drug-likeness (QED) is 0.671. The van der Waals surface area contributed by atoms with Crippen molar-refractivity contribution in [3.63, 3.8) is 0 Å². The standard InChI is InChI=1S/C16H12N2/c1-3-7-13(8-4-1)15-11-17-12-18-16(15)14-9-5-2-6-10-14/h1-12H. The van der Waals surface area contributed by atoms with Gasteiger partial charge in [0.1, 0.15) is 6.33 Å². The molecule has 0 N–H and O–H groups in total. The van der Waals surface area contributed by atoms with E-state index in [1.807, 2.05) is 42.6 Å². The third-order valence-electron chi connectivity index (χ3n) is 2.84. The Morgan fingerprint density at radius 1 is 0.667 bits per heavy atom. The van der Waals surface area contributed by atoms with Crippen molar-refractivity contribution in [1.29, 1.82) is 0 Å². The SMILES string of the molecule is c1ccc(-c2cncnc2-c2ccccc2)cc1. The molecule has 0 atom stereocenters. The van der Waals surface area contributed by atoms with Crippen LogP contribution in [0.4, 0.5) is 0 Å². The minimum Gasteiger partial charge on any atom is -0.244 e. The van der Waals surface area contributed by atoms with E-state index in [0.717, 1.165) is 22.4 Å². The molecule has 2 aromatic carbocycles. The molecule has 0 aliphatic rings. The van der Waals surface area contributed by atoms with Crippen molar-refractivity contribution in [2.45, 2.75) is 0 Å². The molecule has 0 radical (unpaired) electrons. The maximum atomic E-state index is 4.41. The number of hydrogen-bond acceptors (Lipinski definition) is 2. The third-order valence-corrected chi connectivity index (χ3v) is 2.84. The molecule has 0 amide bonds. The van der Waals surface area contributed by atoms with Crippen LogP contribution in [0, 0.1) is 0 Å². The van der Waals surface area contributed by atoms with Gasteiger partial charge in [0.15, 0.2) is 0 Å². The predicted molar refractivity (Wildman–Crippen MR) is 72.9 cm³/mol. The number of hydrogen-bond donors (Lipinski definition) is 0. The summed E-state index contributed by atoms with van der Waals surface area (Å²) in [4.78, 5) is 8.55. The largest absolute Gasteiger partial charge is 0.244 e. The van der Waals surface area contributed by atoms with Crippen LogP contribution >= 0.6 is 0 Å². The van der Waals surface area contributed by atoms with Gasteiger partial charge in [-0.05, 0) is 5.56 Å². The molecule has 1 aromatic heterocycles. The summed E-state index contributed by atoms with van der Waals surface area (Å²) in [6.45, 7) is 0. The van der Waals surface area contributed by atoms with E-state index in [9.17, 15) is 0 Å². The van der Waals surface area contributed by atoms with E-state index in [0.29, 0.717) is 0 Å². The molecule has 2 heteroatoms. The molecule has 0 bridgehead atoms. The molecule has 2 nitrogen and oxygen atoms in total. The molecule has 0 unspecified atom stereocenters. The zero-order chi connectivity index (χ0) is 12.2. The summed E-state index contributed by atoms with van der Waals surface area (Å²) in [5.74, 6) is 0. The lowest BCUT2D eigenvalue weighted by Gasteiger charge is -2.07. The molecular weight excluding hydrogens is 220 g/mol. The Kier molecular flexibility index (Phi) is 2.84. The van der Waals surface area contributed by atoms with Crippen LogP contribution in [0.1, 0.15) is 0 Å². The Morgan fingerprint density at radius 3 is 1.94 bits per heavy atom. The molecule has 0 fully saturated rings. The van der Waals surface area contributed by atoms with Gasteiger partial charge >= 0.3 is 0 Å². The average Bonchev–Trinajstić information content (AvgIpc) is 2.49. The molecule has 0 spiro atoms. The van der Waals surface area contributed by atoms with E-state index in [2.05, 4.69) is 34.2 Å². The fraction of sp³-hybridized carbons (Fsp3) is 0. The van der Waals surface area contributed by atoms with Gasteiger partial charge in [0.05, 0.1) is 5.69 Å². The van der Waals surface area contributed by atoms with Crippen LogP contribution in [0.15, 0.2) is 73.2 Å². The van der Waals surface area contributed by atoms with E-state index in [4.69, 9.17) is 0 Å². The first-order valence-electron chi connectivity index (χ1n) is 5.86. The van der Waals surface area contributed by atoms with E-state index >= 15 is 0 Å². The minimum absolute atomic E-state index is 0.969. The Balaban J connectivity index is 2.18. The third kappa shape index (κ3) is 2.00. The van der Waals surface area contributed by atoms with E-state index < -0.39 is 0 Å². The number of benzene rings is 2. The summed E-state index contributed by atoms with van der Waals surface area (Å²) >= 11 is 0. The molecule has 1 heterocycles. The smallest absolute Gasteiger partial charge is 0.116 e. The Labute approximate surface area is 106 Å². The van der Waals surface area contributed by atoms with Crippen molar-refractivity contribution in [2.75, 3.05) is 0 Å². The second-order valence-corrected chi connectivity index (χ2v) is 4.02. The lowest BCUT2D eigenvalue weighted by molar-refractivity contribution is 1.17. The number of rotatable bonds is 2. The predicted octanol–water partition coefficient (Wildman–Crippen LogP) is 3.81. The van der Waals surface area contributed by atoms with Gasteiger partial charge in [0.2, 0.25) is 0 Å². The van der Waals surface area contributed by atoms with Gasteiger partial charge in [-0.15, -0.1) is 0 Å². The fourth-order valence-corrected chi connectivity index (χ4v) is 1.98. The number of nitrogens with zero attached hydrogens (tertiary/aromatic N) is 2. The van der Waals surface area contributed by atoms with E-state index in [-0.39, 0.29) is 0 Å². The second kappa shape index (κ2) is 4.80. The van der Waals surface area contributed by atoms with Crippen molar-refractivity contribution in [1.82, 2.24) is 9.97 Å². The lowest BCUT2D eigenvalue weighted by atomic mass is 10.0. The van der Waals surface area contributed by atoms with Gasteiger partial charge in [-0.3, -0.25) is 0 Å². The Bertz CT molecular complexity index is 575. The minimum atomic E-state index is 0.969. The molecule has 0 saturated heterocycles. The summed E-state index contributed by atoms with van der Waals surface area (Å²) in [5, 5.41) is 0. The van der Waals surface area contributed by atoms with Crippen LogP contribution in [0.25, 0.3) is 22.4 Å². The van der Waals surface area contributed by atoms with Gasteiger partial charge < -0.3 is 0 Å². The van der Waals surface area contributed by atoms with Crippen LogP contribution in [-0.4, -0.2) is 9.97 Å². The van der Waals surface area contributed by atoms with Gasteiger partial charge in [-0.2, -0.15) is 0 Å². The van der Waals surface area contributed by atoms with Gasteiger partial charge in [-0.1, -0.05) is 60.7 Å². The summed E-state index contributed by atoms with van der Waals surface area (Å²) < 4.78 is 0. The summed E-state index contributed by atoms with van der Waals surface area (Å²) in [7, 11) is 0. The molecular formula is C16H12N2. The van der Waals surface area contributed by atoms with Crippen LogP contribution in [0.5, 0.6) is 0 Å². The van der Waals surface area contributed by atoms with E-state index in [1.54, 1.807) is 6.33 Å². The average molecular weight is 232 g/mol. The molecule has 18 heavy (non-hydrogen) atoms. The van der Waals surface area contributed by atoms with Crippen molar-refractivity contribution in [3.8, 4) is 22.4 Å². The lowest BCUT2D eigenvalue weighted by Crippen LogP contribution is -1.90. The highest BCUT2D eigenvalue weighted by molar-refractivity contribution is 5.79. The first-order chi connectivity index (χ1) is 8.95. The van der Waals surface area contributed by atoms with Gasteiger partial charge in [-0.25, -0.2) is 9.97 Å². The van der Waals surface area contributed by atoms with Crippen molar-refractivity contribution in [2.24, 2.45) is 0 Å². The van der Waals surface area contributed by atoms with Crippen LogP contribution < -0.4 is 0 Å². The zero-order valence-corrected chi connectivity index (χ0v) is 9.82. The normalized spacial score (nSPS) is 10.2. The topological polar surface area (TPSA) is 25.8 Å². The Hall–Kier alpha value is -2.48. The second-order valence-electron chi connectivity index (χ2n) is 4.02. The van der Waals surface area contributed by atoms with Crippen molar-refractivity contribution < 1.29 is 0 Å². The van der Waals surface area contributed by atoms with Crippen LogP contribution in [0.3, 0.4) is 0 Å². The van der Waals surface area contributed by atoms with Crippen molar-refractivity contribution in [3.05, 3.63) is 73.2 Å². The van der Waals surface area contributed by atoms with Crippen LogP contribution in [0.2, 0.25) is 0 Å². The highest BCUT2D eigenvalue weighted by atomic mass is 14.8. The Morgan fingerprint density at radius 2 is 1.28 bits per heavy atom. The van der Waals surface area contributed by atoms with Gasteiger partial charge in [0.25, 0.3) is 0 Å². The summed E-state index contributed by atoms with van der Waals surface area (Å²) in [6.07, 6.45) is 3.46. The van der Waals surface area contributed by atoms with Crippen molar-refractivity contribution >= 4 is 0 Å². The highest BCUT2D eigenvalue weighted by Gasteiger charge is 2.07. The monoisotopic (exact) mass is 232 g/mol. The zero-order valence-electron chi connectivity index (χ0n) is 9.82. The molecule has 0 aliphatic heterocycles. The number of aromatic nitrogens is 2. The first-order valence-corrected chi connectivity index (χ1v) is 5.86. The fourth-order valence-electron chi connectivity index (χ4n) is 1.98. The summed E-state index contributed by atoms with van der Waals surface area (Å²) in [5.41, 5.74) is 4.27. The molecule has 0 aliphatic carbocycles. The first kappa shape index (κ1) is 10.7. The van der Waals surface area contributed by atoms with Crippen LogP contribution in [-0.2, 0) is 0 Å².